The lowest BCUT2D eigenvalue weighted by molar-refractivity contribution is -0.150. The van der Waals surface area contributed by atoms with Crippen molar-refractivity contribution in [3.8, 4) is 5.75 Å². The van der Waals surface area contributed by atoms with Crippen LogP contribution in [-0.4, -0.2) is 18.7 Å². The van der Waals surface area contributed by atoms with Crippen LogP contribution in [0.4, 0.5) is 0 Å². The third-order valence-electron chi connectivity index (χ3n) is 2.23. The molecule has 0 amide bonds. The molecule has 0 aliphatic carbocycles. The number of rotatable bonds is 5. The van der Waals surface area contributed by atoms with Crippen LogP contribution in [0.5, 0.6) is 5.75 Å². The lowest BCUT2D eigenvalue weighted by Gasteiger charge is -2.12. The standard InChI is InChI=1S/C12H13Cl3O3/c1-3-7(2)18-12(16)6-17-11-5-9(14)8(13)4-10(11)15/h4-5,7H,3,6H2,1-2H3/t7-/m0/s1. The first-order chi connectivity index (χ1) is 8.43. The molecule has 0 saturated heterocycles. The minimum Gasteiger partial charge on any atom is -0.480 e. The monoisotopic (exact) mass is 310 g/mol. The van der Waals surface area contributed by atoms with Crippen LogP contribution in [0.1, 0.15) is 20.3 Å². The quantitative estimate of drug-likeness (QED) is 0.598. The van der Waals surface area contributed by atoms with Crippen molar-refractivity contribution in [1.29, 1.82) is 0 Å². The molecule has 6 heteroatoms. The lowest BCUT2D eigenvalue weighted by Crippen LogP contribution is -2.20. The maximum absolute atomic E-state index is 11.4. The van der Waals surface area contributed by atoms with Gasteiger partial charge in [-0.15, -0.1) is 0 Å². The summed E-state index contributed by atoms with van der Waals surface area (Å²) in [6, 6.07) is 2.92. The smallest absolute Gasteiger partial charge is 0.344 e. The average Bonchev–Trinajstić information content (AvgIpc) is 2.32. The van der Waals surface area contributed by atoms with Crippen molar-refractivity contribution in [3.63, 3.8) is 0 Å². The van der Waals surface area contributed by atoms with E-state index in [0.29, 0.717) is 20.8 Å². The maximum Gasteiger partial charge on any atom is 0.344 e. The van der Waals surface area contributed by atoms with Gasteiger partial charge in [-0.3, -0.25) is 0 Å². The Hall–Kier alpha value is -0.640. The fourth-order valence-electron chi connectivity index (χ4n) is 1.09. The fourth-order valence-corrected chi connectivity index (χ4v) is 1.68. The van der Waals surface area contributed by atoms with Gasteiger partial charge in [-0.25, -0.2) is 4.79 Å². The number of ether oxygens (including phenoxy) is 2. The van der Waals surface area contributed by atoms with Gasteiger partial charge in [0.1, 0.15) is 5.75 Å². The molecule has 0 aliphatic rings. The zero-order valence-electron chi connectivity index (χ0n) is 10.0. The summed E-state index contributed by atoms with van der Waals surface area (Å²) in [6.45, 7) is 3.51. The van der Waals surface area contributed by atoms with Crippen molar-refractivity contribution < 1.29 is 14.3 Å². The first kappa shape index (κ1) is 15.4. The predicted octanol–water partition coefficient (Wildman–Crippen LogP) is 4.37. The number of halogens is 3. The topological polar surface area (TPSA) is 35.5 Å². The van der Waals surface area contributed by atoms with Crippen LogP contribution >= 0.6 is 34.8 Å². The van der Waals surface area contributed by atoms with Crippen molar-refractivity contribution in [1.82, 2.24) is 0 Å². The molecule has 0 spiro atoms. The molecule has 1 atom stereocenters. The molecular weight excluding hydrogens is 298 g/mol. The van der Waals surface area contributed by atoms with E-state index in [-0.39, 0.29) is 12.7 Å². The normalized spacial score (nSPS) is 12.1. The van der Waals surface area contributed by atoms with E-state index < -0.39 is 5.97 Å². The highest BCUT2D eigenvalue weighted by Crippen LogP contribution is 2.33. The lowest BCUT2D eigenvalue weighted by atomic mass is 10.3. The molecule has 3 nitrogen and oxygen atoms in total. The Balaban J connectivity index is 2.58. The number of esters is 1. The van der Waals surface area contributed by atoms with Gasteiger partial charge in [0.2, 0.25) is 0 Å². The summed E-state index contributed by atoms with van der Waals surface area (Å²) in [7, 11) is 0. The van der Waals surface area contributed by atoms with Gasteiger partial charge < -0.3 is 9.47 Å². The van der Waals surface area contributed by atoms with Crippen molar-refractivity contribution >= 4 is 40.8 Å². The predicted molar refractivity (Wildman–Crippen MR) is 72.8 cm³/mol. The Kier molecular flexibility index (Phi) is 6.06. The molecule has 0 aromatic heterocycles. The molecule has 0 radical (unpaired) electrons. The Morgan fingerprint density at radius 3 is 2.44 bits per heavy atom. The first-order valence-electron chi connectivity index (χ1n) is 5.40. The van der Waals surface area contributed by atoms with Gasteiger partial charge in [-0.05, 0) is 19.4 Å². The highest BCUT2D eigenvalue weighted by Gasteiger charge is 2.11. The van der Waals surface area contributed by atoms with E-state index >= 15 is 0 Å². The van der Waals surface area contributed by atoms with Gasteiger partial charge in [-0.1, -0.05) is 41.7 Å². The van der Waals surface area contributed by atoms with E-state index in [9.17, 15) is 4.79 Å². The summed E-state index contributed by atoms with van der Waals surface area (Å²) in [5.41, 5.74) is 0. The van der Waals surface area contributed by atoms with Crippen molar-refractivity contribution in [2.75, 3.05) is 6.61 Å². The molecule has 1 aromatic carbocycles. The first-order valence-corrected chi connectivity index (χ1v) is 6.54. The van der Waals surface area contributed by atoms with Crippen LogP contribution in [-0.2, 0) is 9.53 Å². The Morgan fingerprint density at radius 1 is 1.22 bits per heavy atom. The summed E-state index contributed by atoms with van der Waals surface area (Å²) in [6.07, 6.45) is 0.615. The van der Waals surface area contributed by atoms with Crippen LogP contribution in [0.2, 0.25) is 15.1 Å². The van der Waals surface area contributed by atoms with Gasteiger partial charge in [0.25, 0.3) is 0 Å². The largest absolute Gasteiger partial charge is 0.480 e. The molecule has 0 saturated carbocycles. The van der Waals surface area contributed by atoms with Gasteiger partial charge in [0, 0.05) is 6.07 Å². The Bertz CT molecular complexity index is 435. The number of carbonyl (C=O) groups excluding carboxylic acids is 1. The van der Waals surface area contributed by atoms with E-state index in [2.05, 4.69) is 0 Å². The molecule has 0 N–H and O–H groups in total. The summed E-state index contributed by atoms with van der Waals surface area (Å²) in [5.74, 6) is -0.154. The molecule has 0 bridgehead atoms. The van der Waals surface area contributed by atoms with Crippen molar-refractivity contribution in [2.45, 2.75) is 26.4 Å². The van der Waals surface area contributed by atoms with Crippen molar-refractivity contribution in [3.05, 3.63) is 27.2 Å². The van der Waals surface area contributed by atoms with Gasteiger partial charge in [-0.2, -0.15) is 0 Å². The van der Waals surface area contributed by atoms with Gasteiger partial charge in [0.15, 0.2) is 6.61 Å². The number of benzene rings is 1. The average molecular weight is 312 g/mol. The van der Waals surface area contributed by atoms with Crippen LogP contribution in [0.15, 0.2) is 12.1 Å². The molecule has 0 aliphatic heterocycles. The molecule has 1 rings (SSSR count). The zero-order valence-corrected chi connectivity index (χ0v) is 12.3. The Morgan fingerprint density at radius 2 is 1.83 bits per heavy atom. The number of hydrogen-bond donors (Lipinski definition) is 0. The molecule has 0 heterocycles. The van der Waals surface area contributed by atoms with Gasteiger partial charge in [0.05, 0.1) is 21.2 Å². The second kappa shape index (κ2) is 7.07. The molecule has 0 fully saturated rings. The molecule has 100 valence electrons. The van der Waals surface area contributed by atoms with Crippen LogP contribution in [0, 0.1) is 0 Å². The summed E-state index contributed by atoms with van der Waals surface area (Å²) >= 11 is 17.5. The highest BCUT2D eigenvalue weighted by atomic mass is 35.5. The summed E-state index contributed by atoms with van der Waals surface area (Å²) in [4.78, 5) is 11.4. The van der Waals surface area contributed by atoms with E-state index in [1.54, 1.807) is 0 Å². The number of carbonyl (C=O) groups is 1. The zero-order chi connectivity index (χ0) is 13.7. The highest BCUT2D eigenvalue weighted by molar-refractivity contribution is 6.43. The molecular formula is C12H13Cl3O3. The SMILES string of the molecule is CC[C@H](C)OC(=O)COc1cc(Cl)c(Cl)cc1Cl. The van der Waals surface area contributed by atoms with Crippen molar-refractivity contribution in [2.24, 2.45) is 0 Å². The minimum atomic E-state index is -0.452. The molecule has 1 aromatic rings. The van der Waals surface area contributed by atoms with Crippen LogP contribution in [0.3, 0.4) is 0 Å². The van der Waals surface area contributed by atoms with Crippen LogP contribution < -0.4 is 4.74 Å². The summed E-state index contributed by atoms with van der Waals surface area (Å²) in [5, 5.41) is 0.934. The van der Waals surface area contributed by atoms with E-state index in [4.69, 9.17) is 44.3 Å². The molecule has 18 heavy (non-hydrogen) atoms. The third kappa shape index (κ3) is 4.56. The number of hydrogen-bond acceptors (Lipinski definition) is 3. The van der Waals surface area contributed by atoms with Gasteiger partial charge >= 0.3 is 5.97 Å². The van der Waals surface area contributed by atoms with E-state index in [1.807, 2.05) is 13.8 Å². The fraction of sp³-hybridized carbons (Fsp3) is 0.417. The minimum absolute atomic E-state index is 0.134. The second-order valence-electron chi connectivity index (χ2n) is 3.69. The van der Waals surface area contributed by atoms with Crippen LogP contribution in [0.25, 0.3) is 0 Å². The van der Waals surface area contributed by atoms with E-state index in [1.165, 1.54) is 12.1 Å². The maximum atomic E-state index is 11.4. The second-order valence-corrected chi connectivity index (χ2v) is 4.92. The molecule has 0 unspecified atom stereocenters. The Labute approximate surface area is 121 Å². The third-order valence-corrected chi connectivity index (χ3v) is 3.25. The summed E-state index contributed by atoms with van der Waals surface area (Å²) < 4.78 is 10.3. The van der Waals surface area contributed by atoms with E-state index in [0.717, 1.165) is 6.42 Å².